The Balaban J connectivity index is 1.75. The second-order valence-electron chi connectivity index (χ2n) is 7.43. The third-order valence-electron chi connectivity index (χ3n) is 5.54. The van der Waals surface area contributed by atoms with Crippen LogP contribution in [0.5, 0.6) is 5.75 Å². The monoisotopic (exact) mass is 399 g/mol. The van der Waals surface area contributed by atoms with E-state index in [0.29, 0.717) is 28.1 Å². The van der Waals surface area contributed by atoms with Crippen LogP contribution in [0.25, 0.3) is 0 Å². The highest BCUT2D eigenvalue weighted by Gasteiger charge is 2.55. The zero-order chi connectivity index (χ0) is 21.3. The first-order valence-corrected chi connectivity index (χ1v) is 9.65. The molecule has 1 aliphatic rings. The van der Waals surface area contributed by atoms with Crippen molar-refractivity contribution in [1.82, 2.24) is 0 Å². The molecule has 0 saturated carbocycles. The number of hydrogen-bond donors (Lipinski definition) is 1. The first kappa shape index (κ1) is 19.6. The van der Waals surface area contributed by atoms with E-state index in [1.54, 1.807) is 67.8 Å². The van der Waals surface area contributed by atoms with Gasteiger partial charge < -0.3 is 10.1 Å². The Morgan fingerprint density at radius 2 is 1.43 bits per heavy atom. The average Bonchev–Trinajstić information content (AvgIpc) is 2.98. The van der Waals surface area contributed by atoms with E-state index in [-0.39, 0.29) is 18.0 Å². The van der Waals surface area contributed by atoms with Crippen molar-refractivity contribution in [3.05, 3.63) is 95.1 Å². The van der Waals surface area contributed by atoms with E-state index in [1.165, 1.54) is 0 Å². The van der Waals surface area contributed by atoms with Crippen molar-refractivity contribution >= 4 is 23.2 Å². The van der Waals surface area contributed by atoms with Crippen LogP contribution < -0.4 is 10.1 Å². The number of Topliss-reactive ketones (excluding diaryl/α,β-unsaturated/α-hetero) is 2. The number of ether oxygens (including phenoxy) is 1. The number of carbonyl (C=O) groups excluding carboxylic acids is 3. The second-order valence-corrected chi connectivity index (χ2v) is 7.43. The Hall–Kier alpha value is -3.73. The first-order chi connectivity index (χ1) is 14.5. The molecule has 150 valence electrons. The molecular weight excluding hydrogens is 378 g/mol. The van der Waals surface area contributed by atoms with Gasteiger partial charge in [-0.1, -0.05) is 54.1 Å². The fourth-order valence-corrected chi connectivity index (χ4v) is 3.93. The molecule has 3 aromatic rings. The van der Waals surface area contributed by atoms with Crippen molar-refractivity contribution in [2.75, 3.05) is 12.4 Å². The highest BCUT2D eigenvalue weighted by Crippen LogP contribution is 2.43. The van der Waals surface area contributed by atoms with E-state index in [0.717, 1.165) is 5.56 Å². The molecule has 1 amide bonds. The topological polar surface area (TPSA) is 72.5 Å². The molecule has 30 heavy (non-hydrogen) atoms. The summed E-state index contributed by atoms with van der Waals surface area (Å²) in [6.07, 6.45) is -0.278. The van der Waals surface area contributed by atoms with Gasteiger partial charge in [-0.25, -0.2) is 0 Å². The summed E-state index contributed by atoms with van der Waals surface area (Å²) in [5.41, 5.74) is 1.27. The van der Waals surface area contributed by atoms with Crippen LogP contribution in [0.4, 0.5) is 5.69 Å². The van der Waals surface area contributed by atoms with E-state index >= 15 is 0 Å². The summed E-state index contributed by atoms with van der Waals surface area (Å²) >= 11 is 0. The fourth-order valence-electron chi connectivity index (χ4n) is 3.93. The Morgan fingerprint density at radius 1 is 0.867 bits per heavy atom. The maximum absolute atomic E-state index is 13.5. The van der Waals surface area contributed by atoms with Gasteiger partial charge in [0.1, 0.15) is 11.2 Å². The molecule has 5 nitrogen and oxygen atoms in total. The zero-order valence-electron chi connectivity index (χ0n) is 16.8. The predicted molar refractivity (Wildman–Crippen MR) is 114 cm³/mol. The lowest BCUT2D eigenvalue weighted by Crippen LogP contribution is -2.42. The van der Waals surface area contributed by atoms with Gasteiger partial charge in [-0.3, -0.25) is 14.4 Å². The van der Waals surface area contributed by atoms with Gasteiger partial charge in [0, 0.05) is 16.8 Å². The van der Waals surface area contributed by atoms with Crippen LogP contribution in [0.15, 0.2) is 72.8 Å². The first-order valence-electron chi connectivity index (χ1n) is 9.65. The highest BCUT2D eigenvalue weighted by molar-refractivity contribution is 6.34. The van der Waals surface area contributed by atoms with E-state index in [4.69, 9.17) is 4.74 Å². The van der Waals surface area contributed by atoms with Crippen molar-refractivity contribution in [3.63, 3.8) is 0 Å². The molecule has 1 aliphatic carbocycles. The molecule has 0 fully saturated rings. The normalized spacial score (nSPS) is 14.3. The number of methoxy groups -OCH3 is 1. The Bertz CT molecular complexity index is 1100. The lowest BCUT2D eigenvalue weighted by atomic mass is 9.73. The van der Waals surface area contributed by atoms with Gasteiger partial charge in [0.05, 0.1) is 13.5 Å². The minimum Gasteiger partial charge on any atom is -0.497 e. The maximum atomic E-state index is 13.5. The predicted octanol–water partition coefficient (Wildman–Crippen LogP) is 4.35. The van der Waals surface area contributed by atoms with Crippen molar-refractivity contribution in [2.45, 2.75) is 18.8 Å². The number of nitrogens with one attached hydrogen (secondary N) is 1. The van der Waals surface area contributed by atoms with Gasteiger partial charge in [-0.05, 0) is 36.8 Å². The number of aryl methyl sites for hydroxylation is 1. The van der Waals surface area contributed by atoms with Crippen LogP contribution in [0.2, 0.25) is 0 Å². The van der Waals surface area contributed by atoms with Gasteiger partial charge in [0.25, 0.3) is 0 Å². The van der Waals surface area contributed by atoms with Gasteiger partial charge in [0.15, 0.2) is 11.6 Å². The maximum Gasteiger partial charge on any atom is 0.226 e. The van der Waals surface area contributed by atoms with Crippen LogP contribution in [0.3, 0.4) is 0 Å². The summed E-state index contributed by atoms with van der Waals surface area (Å²) in [5.74, 6) is -0.503. The highest BCUT2D eigenvalue weighted by atomic mass is 16.5. The van der Waals surface area contributed by atoms with E-state index in [2.05, 4.69) is 5.32 Å². The van der Waals surface area contributed by atoms with Crippen molar-refractivity contribution in [1.29, 1.82) is 0 Å². The Labute approximate surface area is 174 Å². The molecule has 0 aromatic heterocycles. The minimum atomic E-state index is -1.59. The molecule has 0 spiro atoms. The smallest absolute Gasteiger partial charge is 0.226 e. The zero-order valence-corrected chi connectivity index (χ0v) is 16.8. The summed E-state index contributed by atoms with van der Waals surface area (Å²) in [6, 6.07) is 20.8. The number of anilines is 1. The number of benzene rings is 3. The molecule has 1 N–H and O–H groups in total. The Kier molecular flexibility index (Phi) is 4.96. The van der Waals surface area contributed by atoms with Crippen LogP contribution in [-0.4, -0.2) is 24.6 Å². The van der Waals surface area contributed by atoms with E-state index in [1.807, 2.05) is 19.1 Å². The number of hydrogen-bond acceptors (Lipinski definition) is 4. The fraction of sp³-hybridized carbons (Fsp3) is 0.160. The van der Waals surface area contributed by atoms with Gasteiger partial charge in [0.2, 0.25) is 5.91 Å². The van der Waals surface area contributed by atoms with Crippen molar-refractivity contribution in [3.8, 4) is 5.75 Å². The molecular formula is C25H21NO4. The Morgan fingerprint density at radius 3 is 1.97 bits per heavy atom. The number of amides is 1. The average molecular weight is 399 g/mol. The summed E-state index contributed by atoms with van der Waals surface area (Å²) in [7, 11) is 1.54. The summed E-state index contributed by atoms with van der Waals surface area (Å²) < 4.78 is 5.20. The molecule has 3 aromatic carbocycles. The third-order valence-corrected chi connectivity index (χ3v) is 5.54. The van der Waals surface area contributed by atoms with Crippen molar-refractivity contribution < 1.29 is 19.1 Å². The largest absolute Gasteiger partial charge is 0.497 e. The minimum absolute atomic E-state index is 0.278. The van der Waals surface area contributed by atoms with Gasteiger partial charge >= 0.3 is 0 Å². The number of ketones is 2. The van der Waals surface area contributed by atoms with E-state index < -0.39 is 11.3 Å². The van der Waals surface area contributed by atoms with Crippen LogP contribution >= 0.6 is 0 Å². The van der Waals surface area contributed by atoms with Crippen LogP contribution in [-0.2, 0) is 10.2 Å². The third kappa shape index (κ3) is 3.18. The molecule has 0 radical (unpaired) electrons. The quantitative estimate of drug-likeness (QED) is 0.648. The SMILES string of the molecule is COc1ccc(C2(CC(=O)Nc3ccc(C)cc3)C(=O)c3ccccc3C2=O)cc1. The number of fused-ring (bicyclic) bond motifs is 1. The van der Waals surface area contributed by atoms with Crippen LogP contribution in [0.1, 0.15) is 38.3 Å². The molecule has 0 unspecified atom stereocenters. The van der Waals surface area contributed by atoms with E-state index in [9.17, 15) is 14.4 Å². The molecule has 0 bridgehead atoms. The molecule has 5 heteroatoms. The van der Waals surface area contributed by atoms with Crippen LogP contribution in [0, 0.1) is 6.92 Å². The molecule has 4 rings (SSSR count). The number of carbonyl (C=O) groups is 3. The second kappa shape index (κ2) is 7.59. The number of rotatable bonds is 5. The molecule has 0 saturated heterocycles. The van der Waals surface area contributed by atoms with Crippen molar-refractivity contribution in [2.24, 2.45) is 0 Å². The molecule has 0 atom stereocenters. The summed E-state index contributed by atoms with van der Waals surface area (Å²) in [4.78, 5) is 39.9. The summed E-state index contributed by atoms with van der Waals surface area (Å²) in [6.45, 7) is 1.96. The molecule has 0 aliphatic heterocycles. The summed E-state index contributed by atoms with van der Waals surface area (Å²) in [5, 5.41) is 2.81. The van der Waals surface area contributed by atoms with Gasteiger partial charge in [-0.15, -0.1) is 0 Å². The standard InChI is InChI=1S/C25H21NO4/c1-16-7-11-18(12-8-16)26-22(27)15-25(17-9-13-19(30-2)14-10-17)23(28)20-5-3-4-6-21(20)24(25)29/h3-14H,15H2,1-2H3,(H,26,27). The van der Waals surface area contributed by atoms with Gasteiger partial charge in [-0.2, -0.15) is 0 Å². The lowest BCUT2D eigenvalue weighted by molar-refractivity contribution is -0.116. The molecule has 0 heterocycles. The lowest BCUT2D eigenvalue weighted by Gasteiger charge is -2.26.